The zero-order chi connectivity index (χ0) is 20.6. The van der Waals surface area contributed by atoms with Crippen LogP contribution in [0.25, 0.3) is 0 Å². The molecule has 0 saturated carbocycles. The van der Waals surface area contributed by atoms with Gasteiger partial charge in [-0.3, -0.25) is 4.98 Å². The van der Waals surface area contributed by atoms with E-state index in [1.807, 2.05) is 48.9 Å². The Kier molecular flexibility index (Phi) is 6.30. The molecule has 2 aromatic heterocycles. The lowest BCUT2D eigenvalue weighted by molar-refractivity contribution is 0.842. The summed E-state index contributed by atoms with van der Waals surface area (Å²) in [4.78, 5) is 17.9. The van der Waals surface area contributed by atoms with Crippen LogP contribution in [-0.4, -0.2) is 28.5 Å². The second kappa shape index (κ2) is 9.65. The number of rotatable bonds is 8. The largest absolute Gasteiger partial charge is 0.359 e. The fraction of sp³-hybridized carbons (Fsp3) is 0.160. The Hall–Kier alpha value is -3.73. The maximum atomic E-state index is 4.89. The lowest BCUT2D eigenvalue weighted by Crippen LogP contribution is -2.24. The summed E-state index contributed by atoms with van der Waals surface area (Å²) in [5.74, 6) is 1.60. The van der Waals surface area contributed by atoms with Gasteiger partial charge in [0.25, 0.3) is 0 Å². The van der Waals surface area contributed by atoms with Crippen molar-refractivity contribution in [1.82, 2.24) is 15.0 Å². The van der Waals surface area contributed by atoms with Crippen molar-refractivity contribution in [2.75, 3.05) is 23.4 Å². The normalized spacial score (nSPS) is 10.6. The van der Waals surface area contributed by atoms with Gasteiger partial charge in [-0.1, -0.05) is 48.5 Å². The molecule has 0 radical (unpaired) electrons. The fourth-order valence-corrected chi connectivity index (χ4v) is 3.29. The molecule has 0 amide bonds. The van der Waals surface area contributed by atoms with Crippen LogP contribution in [-0.2, 0) is 13.0 Å². The van der Waals surface area contributed by atoms with Crippen molar-refractivity contribution < 1.29 is 0 Å². The van der Waals surface area contributed by atoms with E-state index in [-0.39, 0.29) is 0 Å². The molecule has 0 aliphatic rings. The number of para-hydroxylation sites is 1. The number of aromatic nitrogens is 3. The van der Waals surface area contributed by atoms with Crippen molar-refractivity contribution in [2.45, 2.75) is 13.0 Å². The molecule has 2 aromatic carbocycles. The smallest absolute Gasteiger partial charge is 0.232 e. The highest BCUT2D eigenvalue weighted by Crippen LogP contribution is 2.25. The van der Waals surface area contributed by atoms with Gasteiger partial charge in [-0.2, -0.15) is 4.98 Å². The summed E-state index contributed by atoms with van der Waals surface area (Å²) in [5.41, 5.74) is 3.54. The number of likely N-dealkylation sites (N-methyl/N-ethyl adjacent to an activating group) is 1. The molecular formula is C25H25N5. The number of nitrogens with zero attached hydrogens (tertiary/aromatic N) is 5. The summed E-state index contributed by atoms with van der Waals surface area (Å²) in [6.45, 7) is 1.57. The summed E-state index contributed by atoms with van der Waals surface area (Å²) >= 11 is 0. The maximum Gasteiger partial charge on any atom is 0.232 e. The van der Waals surface area contributed by atoms with E-state index in [0.717, 1.165) is 24.5 Å². The van der Waals surface area contributed by atoms with Crippen molar-refractivity contribution in [1.29, 1.82) is 0 Å². The lowest BCUT2D eigenvalue weighted by atomic mass is 10.2. The summed E-state index contributed by atoms with van der Waals surface area (Å²) < 4.78 is 0. The van der Waals surface area contributed by atoms with Crippen LogP contribution in [0.2, 0.25) is 0 Å². The van der Waals surface area contributed by atoms with E-state index in [0.29, 0.717) is 12.5 Å². The fourth-order valence-electron chi connectivity index (χ4n) is 3.29. The lowest BCUT2D eigenvalue weighted by Gasteiger charge is -2.25. The SMILES string of the molecule is CN(CCc1ccncc1)c1ccnc(N(Cc2ccccc2)c2ccccc2)n1. The first-order valence-corrected chi connectivity index (χ1v) is 10.1. The van der Waals surface area contributed by atoms with Crippen LogP contribution in [0.5, 0.6) is 0 Å². The molecule has 0 aliphatic carbocycles. The molecule has 0 unspecified atom stereocenters. The Morgan fingerprint density at radius 1 is 0.733 bits per heavy atom. The molecule has 0 spiro atoms. The summed E-state index contributed by atoms with van der Waals surface area (Å²) in [6, 6.07) is 26.7. The van der Waals surface area contributed by atoms with Crippen molar-refractivity contribution in [3.63, 3.8) is 0 Å². The van der Waals surface area contributed by atoms with Crippen molar-refractivity contribution in [2.24, 2.45) is 0 Å². The number of hydrogen-bond donors (Lipinski definition) is 0. The maximum absolute atomic E-state index is 4.89. The van der Waals surface area contributed by atoms with Crippen LogP contribution in [0.15, 0.2) is 97.5 Å². The van der Waals surface area contributed by atoms with Gasteiger partial charge < -0.3 is 9.80 Å². The van der Waals surface area contributed by atoms with Gasteiger partial charge in [-0.25, -0.2) is 4.98 Å². The minimum absolute atomic E-state index is 0.693. The van der Waals surface area contributed by atoms with Gasteiger partial charge in [0, 0.05) is 37.9 Å². The first-order chi connectivity index (χ1) is 14.8. The monoisotopic (exact) mass is 395 g/mol. The number of pyridine rings is 1. The Bertz CT molecular complexity index is 1040. The van der Waals surface area contributed by atoms with Crippen molar-refractivity contribution in [3.8, 4) is 0 Å². The minimum Gasteiger partial charge on any atom is -0.359 e. The van der Waals surface area contributed by atoms with Gasteiger partial charge in [0.05, 0.1) is 6.54 Å². The van der Waals surface area contributed by atoms with E-state index < -0.39 is 0 Å². The van der Waals surface area contributed by atoms with E-state index in [2.05, 4.69) is 75.3 Å². The van der Waals surface area contributed by atoms with Crippen LogP contribution in [0.3, 0.4) is 0 Å². The third-order valence-electron chi connectivity index (χ3n) is 5.00. The molecule has 0 bridgehead atoms. The van der Waals surface area contributed by atoms with Gasteiger partial charge in [0.15, 0.2) is 0 Å². The molecule has 4 aromatic rings. The third-order valence-corrected chi connectivity index (χ3v) is 5.00. The van der Waals surface area contributed by atoms with E-state index in [9.17, 15) is 0 Å². The van der Waals surface area contributed by atoms with Crippen LogP contribution in [0.4, 0.5) is 17.5 Å². The molecular weight excluding hydrogens is 370 g/mol. The quantitative estimate of drug-likeness (QED) is 0.425. The Labute approximate surface area is 177 Å². The zero-order valence-corrected chi connectivity index (χ0v) is 17.1. The highest BCUT2D eigenvalue weighted by atomic mass is 15.3. The van der Waals surface area contributed by atoms with Gasteiger partial charge in [-0.15, -0.1) is 0 Å². The van der Waals surface area contributed by atoms with Gasteiger partial charge in [-0.05, 0) is 47.9 Å². The van der Waals surface area contributed by atoms with Crippen molar-refractivity contribution in [3.05, 3.63) is 109 Å². The van der Waals surface area contributed by atoms with Crippen LogP contribution in [0.1, 0.15) is 11.1 Å². The topological polar surface area (TPSA) is 45.2 Å². The highest BCUT2D eigenvalue weighted by molar-refractivity contribution is 5.58. The standard InChI is InChI=1S/C25H25N5/c1-29(19-15-21-12-16-26-17-13-21)24-14-18-27-25(28-24)30(23-10-6-3-7-11-23)20-22-8-4-2-5-9-22/h2-14,16-18H,15,19-20H2,1H3. The predicted molar refractivity (Wildman–Crippen MR) is 122 cm³/mol. The first kappa shape index (κ1) is 19.6. The molecule has 5 heteroatoms. The second-order valence-electron chi connectivity index (χ2n) is 7.15. The molecule has 0 saturated heterocycles. The Morgan fingerprint density at radius 3 is 2.17 bits per heavy atom. The Balaban J connectivity index is 1.57. The number of anilines is 3. The average Bonchev–Trinajstić information content (AvgIpc) is 2.83. The molecule has 2 heterocycles. The molecule has 30 heavy (non-hydrogen) atoms. The zero-order valence-electron chi connectivity index (χ0n) is 17.1. The number of benzene rings is 2. The van der Waals surface area contributed by atoms with Crippen LogP contribution < -0.4 is 9.80 Å². The van der Waals surface area contributed by atoms with Gasteiger partial charge in [0.2, 0.25) is 5.95 Å². The molecule has 0 fully saturated rings. The van der Waals surface area contributed by atoms with E-state index in [1.54, 1.807) is 0 Å². The van der Waals surface area contributed by atoms with Gasteiger partial charge in [0.1, 0.15) is 5.82 Å². The average molecular weight is 396 g/mol. The summed E-state index contributed by atoms with van der Waals surface area (Å²) in [5, 5.41) is 0. The summed E-state index contributed by atoms with van der Waals surface area (Å²) in [7, 11) is 2.07. The Morgan fingerprint density at radius 2 is 1.43 bits per heavy atom. The van der Waals surface area contributed by atoms with Gasteiger partial charge >= 0.3 is 0 Å². The van der Waals surface area contributed by atoms with E-state index >= 15 is 0 Å². The second-order valence-corrected chi connectivity index (χ2v) is 7.15. The first-order valence-electron chi connectivity index (χ1n) is 10.1. The molecule has 150 valence electrons. The van der Waals surface area contributed by atoms with Crippen LogP contribution in [0, 0.1) is 0 Å². The predicted octanol–water partition coefficient (Wildman–Crippen LogP) is 4.89. The highest BCUT2D eigenvalue weighted by Gasteiger charge is 2.14. The molecule has 0 N–H and O–H groups in total. The van der Waals surface area contributed by atoms with Crippen molar-refractivity contribution >= 4 is 17.5 Å². The molecule has 0 aliphatic heterocycles. The summed E-state index contributed by atoms with van der Waals surface area (Å²) in [6.07, 6.45) is 6.44. The molecule has 0 atom stereocenters. The molecule has 5 nitrogen and oxygen atoms in total. The molecule has 4 rings (SSSR count). The number of hydrogen-bond acceptors (Lipinski definition) is 5. The third kappa shape index (κ3) is 5.00. The van der Waals surface area contributed by atoms with E-state index in [1.165, 1.54) is 11.1 Å². The van der Waals surface area contributed by atoms with Crippen LogP contribution >= 0.6 is 0 Å². The minimum atomic E-state index is 0.693. The van der Waals surface area contributed by atoms with E-state index in [4.69, 9.17) is 4.98 Å².